The summed E-state index contributed by atoms with van der Waals surface area (Å²) in [5.41, 5.74) is 0. The van der Waals surface area contributed by atoms with Gasteiger partial charge in [0.1, 0.15) is 0 Å². The Balaban J connectivity index is 4.12. The van der Waals surface area contributed by atoms with Gasteiger partial charge in [-0.1, -0.05) is 0 Å². The first-order chi connectivity index (χ1) is 5.90. The Kier molecular flexibility index (Phi) is 5.46. The van der Waals surface area contributed by atoms with E-state index in [1.807, 2.05) is 0 Å². The maximum absolute atomic E-state index is 11.4. The summed E-state index contributed by atoms with van der Waals surface area (Å²) in [6.45, 7) is 4.71. The van der Waals surface area contributed by atoms with Gasteiger partial charge in [-0.15, -0.1) is 0 Å². The predicted octanol–water partition coefficient (Wildman–Crippen LogP) is -0.620. The van der Waals surface area contributed by atoms with Gasteiger partial charge in [0.05, 0.1) is 0 Å². The van der Waals surface area contributed by atoms with Crippen LogP contribution in [0.5, 0.6) is 0 Å². The van der Waals surface area contributed by atoms with Gasteiger partial charge in [-0.2, -0.15) is 17.4 Å². The second-order valence-corrected chi connectivity index (χ2v) is 5.01. The number of hydrogen-bond donors (Lipinski definition) is 2. The molecule has 80 valence electrons. The molecule has 0 aromatic carbocycles. The summed E-state index contributed by atoms with van der Waals surface area (Å²) < 4.78 is 26.7. The highest BCUT2D eigenvalue weighted by Crippen LogP contribution is 1.94. The van der Waals surface area contributed by atoms with Crippen molar-refractivity contribution in [1.82, 2.24) is 14.3 Å². The van der Waals surface area contributed by atoms with Gasteiger partial charge in [-0.05, 0) is 20.9 Å². The summed E-state index contributed by atoms with van der Waals surface area (Å²) in [5, 5.41) is 2.89. The first kappa shape index (κ1) is 12.8. The fourth-order valence-electron chi connectivity index (χ4n) is 0.777. The third-order valence-electron chi connectivity index (χ3n) is 1.47. The van der Waals surface area contributed by atoms with Crippen LogP contribution in [0.3, 0.4) is 0 Å². The van der Waals surface area contributed by atoms with Crippen LogP contribution in [-0.2, 0) is 10.2 Å². The van der Waals surface area contributed by atoms with Crippen molar-refractivity contribution < 1.29 is 8.42 Å². The smallest absolute Gasteiger partial charge is 0.279 e. The van der Waals surface area contributed by atoms with Crippen molar-refractivity contribution in [1.29, 1.82) is 0 Å². The Labute approximate surface area is 80.7 Å². The lowest BCUT2D eigenvalue weighted by Gasteiger charge is -2.18. The zero-order chi connectivity index (χ0) is 10.5. The Bertz CT molecular complexity index is 226. The zero-order valence-corrected chi connectivity index (χ0v) is 9.48. The number of nitrogens with zero attached hydrogens (tertiary/aromatic N) is 1. The molecule has 0 radical (unpaired) electrons. The predicted molar refractivity (Wildman–Crippen MR) is 53.7 cm³/mol. The standard InChI is InChI=1S/C7H19N3O2S/c1-7(2)9-13(11,12)10(4)6-5-8-3/h7-9H,5-6H2,1-4H3. The molecule has 0 fully saturated rings. The highest BCUT2D eigenvalue weighted by atomic mass is 32.2. The van der Waals surface area contributed by atoms with E-state index >= 15 is 0 Å². The molecule has 0 heterocycles. The molecule has 0 unspecified atom stereocenters. The minimum Gasteiger partial charge on any atom is -0.318 e. The monoisotopic (exact) mass is 209 g/mol. The van der Waals surface area contributed by atoms with Gasteiger partial charge in [0.2, 0.25) is 0 Å². The Hall–Kier alpha value is -0.170. The SMILES string of the molecule is CNCCN(C)S(=O)(=O)NC(C)C. The molecule has 2 N–H and O–H groups in total. The van der Waals surface area contributed by atoms with Crippen molar-refractivity contribution in [2.45, 2.75) is 19.9 Å². The van der Waals surface area contributed by atoms with Crippen LogP contribution in [0.15, 0.2) is 0 Å². The average molecular weight is 209 g/mol. The van der Waals surface area contributed by atoms with Crippen LogP contribution in [-0.4, -0.2) is 45.9 Å². The summed E-state index contributed by atoms with van der Waals surface area (Å²) in [6, 6.07) is -0.0676. The summed E-state index contributed by atoms with van der Waals surface area (Å²) in [7, 11) is 0.0572. The lowest BCUT2D eigenvalue weighted by molar-refractivity contribution is 0.449. The van der Waals surface area contributed by atoms with E-state index in [4.69, 9.17) is 0 Å². The van der Waals surface area contributed by atoms with Crippen LogP contribution >= 0.6 is 0 Å². The quantitative estimate of drug-likeness (QED) is 0.613. The van der Waals surface area contributed by atoms with E-state index in [0.717, 1.165) is 0 Å². The molecule has 0 atom stereocenters. The van der Waals surface area contributed by atoms with E-state index in [0.29, 0.717) is 13.1 Å². The van der Waals surface area contributed by atoms with Crippen molar-refractivity contribution in [2.24, 2.45) is 0 Å². The van der Waals surface area contributed by atoms with Crippen molar-refractivity contribution >= 4 is 10.2 Å². The normalized spacial score (nSPS) is 12.8. The average Bonchev–Trinajstić information content (AvgIpc) is 1.97. The van der Waals surface area contributed by atoms with Gasteiger partial charge in [0.15, 0.2) is 0 Å². The minimum absolute atomic E-state index is 0.0676. The summed E-state index contributed by atoms with van der Waals surface area (Å²) in [5.74, 6) is 0. The van der Waals surface area contributed by atoms with Crippen LogP contribution in [0, 0.1) is 0 Å². The Morgan fingerprint density at radius 1 is 1.38 bits per heavy atom. The molecule has 6 heteroatoms. The molecular formula is C7H19N3O2S. The second-order valence-electron chi connectivity index (χ2n) is 3.20. The highest BCUT2D eigenvalue weighted by Gasteiger charge is 2.17. The van der Waals surface area contributed by atoms with Crippen molar-refractivity contribution in [3.05, 3.63) is 0 Å². The molecule has 0 spiro atoms. The fourth-order valence-corrected chi connectivity index (χ4v) is 1.88. The van der Waals surface area contributed by atoms with Crippen molar-refractivity contribution in [2.75, 3.05) is 27.2 Å². The molecule has 0 rings (SSSR count). The number of rotatable bonds is 6. The highest BCUT2D eigenvalue weighted by molar-refractivity contribution is 7.87. The molecule has 0 aliphatic heterocycles. The lowest BCUT2D eigenvalue weighted by Crippen LogP contribution is -2.43. The third kappa shape index (κ3) is 5.20. The van der Waals surface area contributed by atoms with Crippen LogP contribution in [0.25, 0.3) is 0 Å². The minimum atomic E-state index is -3.29. The van der Waals surface area contributed by atoms with Gasteiger partial charge in [-0.25, -0.2) is 0 Å². The molecule has 0 aliphatic rings. The summed E-state index contributed by atoms with van der Waals surface area (Å²) in [6.07, 6.45) is 0. The van der Waals surface area contributed by atoms with Crippen LogP contribution in [0.2, 0.25) is 0 Å². The molecule has 5 nitrogen and oxygen atoms in total. The van der Waals surface area contributed by atoms with Gasteiger partial charge in [0, 0.05) is 26.2 Å². The van der Waals surface area contributed by atoms with E-state index in [2.05, 4.69) is 10.0 Å². The molecule has 0 aromatic rings. The first-order valence-electron chi connectivity index (χ1n) is 4.28. The number of nitrogens with one attached hydrogen (secondary N) is 2. The topological polar surface area (TPSA) is 61.4 Å². The Morgan fingerprint density at radius 2 is 1.92 bits per heavy atom. The molecule has 0 saturated heterocycles. The van der Waals surface area contributed by atoms with E-state index in [9.17, 15) is 8.42 Å². The van der Waals surface area contributed by atoms with Gasteiger partial charge in [-0.3, -0.25) is 0 Å². The molecule has 13 heavy (non-hydrogen) atoms. The van der Waals surface area contributed by atoms with Crippen molar-refractivity contribution in [3.63, 3.8) is 0 Å². The van der Waals surface area contributed by atoms with E-state index in [1.165, 1.54) is 4.31 Å². The van der Waals surface area contributed by atoms with Crippen molar-refractivity contribution in [3.8, 4) is 0 Å². The van der Waals surface area contributed by atoms with Gasteiger partial charge < -0.3 is 5.32 Å². The van der Waals surface area contributed by atoms with E-state index in [1.54, 1.807) is 27.9 Å². The first-order valence-corrected chi connectivity index (χ1v) is 5.72. The second kappa shape index (κ2) is 5.54. The van der Waals surface area contributed by atoms with Gasteiger partial charge >= 0.3 is 0 Å². The molecule has 0 amide bonds. The molecule has 0 aromatic heterocycles. The van der Waals surface area contributed by atoms with Gasteiger partial charge in [0.25, 0.3) is 10.2 Å². The maximum atomic E-state index is 11.4. The summed E-state index contributed by atoms with van der Waals surface area (Å²) in [4.78, 5) is 0. The molecular weight excluding hydrogens is 190 g/mol. The Morgan fingerprint density at radius 3 is 2.31 bits per heavy atom. The van der Waals surface area contributed by atoms with Crippen LogP contribution in [0.1, 0.15) is 13.8 Å². The number of likely N-dealkylation sites (N-methyl/N-ethyl adjacent to an activating group) is 2. The third-order valence-corrected chi connectivity index (χ3v) is 3.24. The molecule has 0 saturated carbocycles. The fraction of sp³-hybridized carbons (Fsp3) is 1.00. The zero-order valence-electron chi connectivity index (χ0n) is 8.66. The lowest BCUT2D eigenvalue weighted by atomic mass is 10.4. The van der Waals surface area contributed by atoms with Crippen LogP contribution in [0.4, 0.5) is 0 Å². The maximum Gasteiger partial charge on any atom is 0.279 e. The molecule has 0 bridgehead atoms. The van der Waals surface area contributed by atoms with E-state index in [-0.39, 0.29) is 6.04 Å². The van der Waals surface area contributed by atoms with E-state index < -0.39 is 10.2 Å². The largest absolute Gasteiger partial charge is 0.318 e. The molecule has 0 aliphatic carbocycles. The summed E-state index contributed by atoms with van der Waals surface area (Å²) >= 11 is 0. The number of hydrogen-bond acceptors (Lipinski definition) is 3. The van der Waals surface area contributed by atoms with Crippen LogP contribution < -0.4 is 10.0 Å².